The zero-order valence-electron chi connectivity index (χ0n) is 10.5. The lowest BCUT2D eigenvalue weighted by atomic mass is 9.91. The summed E-state index contributed by atoms with van der Waals surface area (Å²) >= 11 is 0. The number of aliphatic hydroxyl groups is 1. The average Bonchev–Trinajstić information content (AvgIpc) is 2.61. The number of benzene rings is 1. The Labute approximate surface area is 107 Å². The van der Waals surface area contributed by atoms with Crippen molar-refractivity contribution in [3.05, 3.63) is 35.4 Å². The van der Waals surface area contributed by atoms with Crippen LogP contribution >= 0.6 is 0 Å². The first kappa shape index (κ1) is 13.5. The Kier molecular flexibility index (Phi) is 4.70. The third kappa shape index (κ3) is 3.29. The monoisotopic (exact) mass is 254 g/mol. The van der Waals surface area contributed by atoms with Crippen LogP contribution in [0.2, 0.25) is 0 Å². The Morgan fingerprint density at radius 3 is 2.44 bits per heavy atom. The smallest absolute Gasteiger partial charge is 0.164 e. The van der Waals surface area contributed by atoms with Crippen LogP contribution in [-0.2, 0) is 0 Å². The van der Waals surface area contributed by atoms with E-state index in [1.165, 1.54) is 37.8 Å². The molecule has 0 aromatic heterocycles. The van der Waals surface area contributed by atoms with E-state index in [2.05, 4.69) is 0 Å². The van der Waals surface area contributed by atoms with E-state index in [1.54, 1.807) is 0 Å². The van der Waals surface area contributed by atoms with E-state index in [1.807, 2.05) is 0 Å². The van der Waals surface area contributed by atoms with Crippen molar-refractivity contribution < 1.29 is 13.9 Å². The van der Waals surface area contributed by atoms with Crippen LogP contribution in [0.5, 0.6) is 0 Å². The van der Waals surface area contributed by atoms with Crippen molar-refractivity contribution in [2.45, 2.75) is 51.0 Å². The second-order valence-corrected chi connectivity index (χ2v) is 5.25. The summed E-state index contributed by atoms with van der Waals surface area (Å²) in [7, 11) is 0. The second-order valence-electron chi connectivity index (χ2n) is 5.25. The van der Waals surface area contributed by atoms with Gasteiger partial charge >= 0.3 is 0 Å². The van der Waals surface area contributed by atoms with E-state index >= 15 is 0 Å². The van der Waals surface area contributed by atoms with Gasteiger partial charge in [0.05, 0.1) is 6.10 Å². The number of aliphatic hydroxyl groups excluding tert-OH is 1. The van der Waals surface area contributed by atoms with Crippen LogP contribution in [0, 0.1) is 17.6 Å². The number of halogens is 2. The van der Waals surface area contributed by atoms with Crippen LogP contribution in [-0.4, -0.2) is 5.11 Å². The highest BCUT2D eigenvalue weighted by Gasteiger charge is 2.21. The van der Waals surface area contributed by atoms with Gasteiger partial charge in [0.1, 0.15) is 0 Å². The second kappa shape index (κ2) is 6.28. The molecule has 1 aromatic rings. The minimum absolute atomic E-state index is 0.0965. The summed E-state index contributed by atoms with van der Waals surface area (Å²) < 4.78 is 26.6. The van der Waals surface area contributed by atoms with Crippen molar-refractivity contribution in [3.63, 3.8) is 0 Å². The molecule has 1 saturated carbocycles. The quantitative estimate of drug-likeness (QED) is 0.795. The highest BCUT2D eigenvalue weighted by atomic mass is 19.2. The van der Waals surface area contributed by atoms with Gasteiger partial charge in [0.25, 0.3) is 0 Å². The van der Waals surface area contributed by atoms with Gasteiger partial charge in [0.15, 0.2) is 11.6 Å². The highest BCUT2D eigenvalue weighted by molar-refractivity contribution is 5.21. The third-order valence-corrected chi connectivity index (χ3v) is 3.87. The van der Waals surface area contributed by atoms with Gasteiger partial charge in [-0.3, -0.25) is 0 Å². The fourth-order valence-electron chi connectivity index (χ4n) is 2.82. The Morgan fingerprint density at radius 1 is 1.11 bits per heavy atom. The molecule has 1 N–H and O–H groups in total. The Hall–Kier alpha value is -0.960. The zero-order chi connectivity index (χ0) is 13.0. The van der Waals surface area contributed by atoms with Crippen LogP contribution in [0.15, 0.2) is 18.2 Å². The molecule has 0 bridgehead atoms. The number of hydrogen-bond donors (Lipinski definition) is 1. The molecule has 3 heteroatoms. The van der Waals surface area contributed by atoms with Crippen LogP contribution in [0.3, 0.4) is 0 Å². The summed E-state index contributed by atoms with van der Waals surface area (Å²) in [6.45, 7) is 0. The standard InChI is InChI=1S/C15H20F2O/c16-13-9-5-8-12(15(13)17)14(18)10-11-6-3-1-2-4-7-11/h5,8-9,11,14,18H,1-4,6-7,10H2. The zero-order valence-corrected chi connectivity index (χ0v) is 10.5. The van der Waals surface area contributed by atoms with Crippen molar-refractivity contribution in [1.82, 2.24) is 0 Å². The minimum atomic E-state index is -0.904. The summed E-state index contributed by atoms with van der Waals surface area (Å²) in [4.78, 5) is 0. The molecular weight excluding hydrogens is 234 g/mol. The predicted octanol–water partition coefficient (Wildman–Crippen LogP) is 4.36. The minimum Gasteiger partial charge on any atom is -0.388 e. The maximum atomic E-state index is 13.6. The molecule has 1 aliphatic rings. The van der Waals surface area contributed by atoms with Gasteiger partial charge in [0.2, 0.25) is 0 Å². The number of rotatable bonds is 3. The molecular formula is C15H20F2O. The molecule has 18 heavy (non-hydrogen) atoms. The van der Waals surface area contributed by atoms with E-state index < -0.39 is 17.7 Å². The van der Waals surface area contributed by atoms with Gasteiger partial charge in [-0.1, -0.05) is 50.7 Å². The lowest BCUT2D eigenvalue weighted by Crippen LogP contribution is -2.09. The maximum absolute atomic E-state index is 13.6. The van der Waals surface area contributed by atoms with E-state index in [0.29, 0.717) is 12.3 Å². The van der Waals surface area contributed by atoms with E-state index in [4.69, 9.17) is 0 Å². The van der Waals surface area contributed by atoms with Crippen LogP contribution < -0.4 is 0 Å². The van der Waals surface area contributed by atoms with Crippen molar-refractivity contribution in [2.24, 2.45) is 5.92 Å². The molecule has 1 atom stereocenters. The van der Waals surface area contributed by atoms with Gasteiger partial charge in [0, 0.05) is 5.56 Å². The largest absolute Gasteiger partial charge is 0.388 e. The normalized spacial score (nSPS) is 19.5. The van der Waals surface area contributed by atoms with Crippen molar-refractivity contribution >= 4 is 0 Å². The first-order chi connectivity index (χ1) is 8.68. The lowest BCUT2D eigenvalue weighted by molar-refractivity contribution is 0.134. The van der Waals surface area contributed by atoms with Crippen LogP contribution in [0.1, 0.15) is 56.6 Å². The van der Waals surface area contributed by atoms with Gasteiger partial charge in [-0.2, -0.15) is 0 Å². The van der Waals surface area contributed by atoms with Crippen LogP contribution in [0.25, 0.3) is 0 Å². The summed E-state index contributed by atoms with van der Waals surface area (Å²) in [5, 5.41) is 10.1. The summed E-state index contributed by atoms with van der Waals surface area (Å²) in [5.41, 5.74) is 0.0965. The average molecular weight is 254 g/mol. The van der Waals surface area contributed by atoms with Crippen molar-refractivity contribution in [2.75, 3.05) is 0 Å². The van der Waals surface area contributed by atoms with E-state index in [9.17, 15) is 13.9 Å². The van der Waals surface area contributed by atoms with Crippen LogP contribution in [0.4, 0.5) is 8.78 Å². The molecule has 0 aliphatic heterocycles. The lowest BCUT2D eigenvalue weighted by Gasteiger charge is -2.19. The molecule has 1 aliphatic carbocycles. The van der Waals surface area contributed by atoms with Gasteiger partial charge in [-0.05, 0) is 18.4 Å². The van der Waals surface area contributed by atoms with E-state index in [-0.39, 0.29) is 5.56 Å². The molecule has 0 amide bonds. The fourth-order valence-corrected chi connectivity index (χ4v) is 2.82. The van der Waals surface area contributed by atoms with Crippen molar-refractivity contribution in [3.8, 4) is 0 Å². The first-order valence-electron chi connectivity index (χ1n) is 6.80. The molecule has 1 nitrogen and oxygen atoms in total. The van der Waals surface area contributed by atoms with E-state index in [0.717, 1.165) is 18.9 Å². The predicted molar refractivity (Wildman–Crippen MR) is 67.1 cm³/mol. The summed E-state index contributed by atoms with van der Waals surface area (Å²) in [6, 6.07) is 4.00. The molecule has 0 radical (unpaired) electrons. The molecule has 2 rings (SSSR count). The highest BCUT2D eigenvalue weighted by Crippen LogP contribution is 2.32. The molecule has 0 saturated heterocycles. The third-order valence-electron chi connectivity index (χ3n) is 3.87. The molecule has 0 heterocycles. The molecule has 1 unspecified atom stereocenters. The Bertz CT molecular complexity index is 384. The molecule has 100 valence electrons. The molecule has 0 spiro atoms. The summed E-state index contributed by atoms with van der Waals surface area (Å²) in [5.74, 6) is -1.35. The first-order valence-corrected chi connectivity index (χ1v) is 6.80. The fraction of sp³-hybridized carbons (Fsp3) is 0.600. The van der Waals surface area contributed by atoms with Gasteiger partial charge in [-0.25, -0.2) is 8.78 Å². The molecule has 1 fully saturated rings. The SMILES string of the molecule is OC(CC1CCCCCC1)c1cccc(F)c1F. The van der Waals surface area contributed by atoms with Gasteiger partial charge < -0.3 is 5.11 Å². The Balaban J connectivity index is 2.02. The molecule has 1 aromatic carbocycles. The van der Waals surface area contributed by atoms with Crippen molar-refractivity contribution in [1.29, 1.82) is 0 Å². The Morgan fingerprint density at radius 2 is 1.78 bits per heavy atom. The summed E-state index contributed by atoms with van der Waals surface area (Å²) in [6.07, 6.45) is 6.71. The van der Waals surface area contributed by atoms with Gasteiger partial charge in [-0.15, -0.1) is 0 Å². The topological polar surface area (TPSA) is 20.2 Å². The maximum Gasteiger partial charge on any atom is 0.164 e. The number of hydrogen-bond acceptors (Lipinski definition) is 1.